The lowest BCUT2D eigenvalue weighted by molar-refractivity contribution is -0.145. The van der Waals surface area contributed by atoms with Crippen LogP contribution in [-0.2, 0) is 19.1 Å². The molecule has 1 aliphatic heterocycles. The maximum absolute atomic E-state index is 14.0. The van der Waals surface area contributed by atoms with E-state index in [1.165, 1.54) is 16.7 Å². The number of hydrogen-bond donors (Lipinski definition) is 0. The van der Waals surface area contributed by atoms with Gasteiger partial charge in [-0.2, -0.15) is 0 Å². The monoisotopic (exact) mass is 586 g/mol. The van der Waals surface area contributed by atoms with Crippen LogP contribution in [0.3, 0.4) is 0 Å². The first-order chi connectivity index (χ1) is 20.4. The predicted molar refractivity (Wildman–Crippen MR) is 156 cm³/mol. The van der Waals surface area contributed by atoms with Crippen LogP contribution in [-0.4, -0.2) is 36.3 Å². The first-order valence-electron chi connectivity index (χ1n) is 13.3. The molecule has 0 radical (unpaired) electrons. The van der Waals surface area contributed by atoms with E-state index in [0.717, 1.165) is 11.3 Å². The van der Waals surface area contributed by atoms with Crippen molar-refractivity contribution in [3.05, 3.63) is 127 Å². The summed E-state index contributed by atoms with van der Waals surface area (Å²) in [7, 11) is 0. The highest BCUT2D eigenvalue weighted by atomic mass is 32.1. The zero-order chi connectivity index (χ0) is 29.6. The smallest absolute Gasteiger partial charge is 0.344 e. The molecule has 0 unspecified atom stereocenters. The molecule has 0 N–H and O–H groups in total. The maximum atomic E-state index is 14.0. The summed E-state index contributed by atoms with van der Waals surface area (Å²) in [5, 5.41) is 0. The number of aromatic nitrogens is 1. The average molecular weight is 587 g/mol. The normalized spacial score (nSPS) is 14.6. The Kier molecular flexibility index (Phi) is 8.73. The van der Waals surface area contributed by atoms with Crippen molar-refractivity contribution in [3.63, 3.8) is 0 Å². The Balaban J connectivity index is 1.72. The van der Waals surface area contributed by atoms with Gasteiger partial charge in [0.1, 0.15) is 11.6 Å². The zero-order valence-electron chi connectivity index (χ0n) is 22.9. The lowest BCUT2D eigenvalue weighted by Crippen LogP contribution is -2.40. The van der Waals surface area contributed by atoms with Crippen molar-refractivity contribution in [2.45, 2.75) is 19.9 Å². The summed E-state index contributed by atoms with van der Waals surface area (Å²) < 4.78 is 31.8. The van der Waals surface area contributed by atoms with Gasteiger partial charge in [-0.3, -0.25) is 9.36 Å². The second-order valence-electron chi connectivity index (χ2n) is 9.11. The number of esters is 2. The molecular formula is C32H27FN2O6S. The van der Waals surface area contributed by atoms with Crippen molar-refractivity contribution < 1.29 is 28.2 Å². The SMILES string of the molecule is CCOC(=O)COc1ccccc1C=c1sc2n(c1=O)[C@@H](c1ccc(F)cc1)C(C(=O)OCC)=C(c1ccccc1)N=2. The molecule has 8 nitrogen and oxygen atoms in total. The lowest BCUT2D eigenvalue weighted by Gasteiger charge is -2.25. The van der Waals surface area contributed by atoms with E-state index >= 15 is 0 Å². The van der Waals surface area contributed by atoms with Crippen LogP contribution in [0.25, 0.3) is 11.8 Å². The molecule has 0 aliphatic carbocycles. The molecule has 0 bridgehead atoms. The van der Waals surface area contributed by atoms with E-state index in [1.54, 1.807) is 56.3 Å². The summed E-state index contributed by atoms with van der Waals surface area (Å²) in [6, 6.07) is 20.9. The summed E-state index contributed by atoms with van der Waals surface area (Å²) in [5.41, 5.74) is 1.90. The number of thiazole rings is 1. The summed E-state index contributed by atoms with van der Waals surface area (Å²) in [6.45, 7) is 3.48. The van der Waals surface area contributed by atoms with Gasteiger partial charge in [0.05, 0.1) is 35.1 Å². The molecular weight excluding hydrogens is 559 g/mol. The van der Waals surface area contributed by atoms with E-state index in [-0.39, 0.29) is 25.4 Å². The van der Waals surface area contributed by atoms with Crippen LogP contribution < -0.4 is 19.6 Å². The van der Waals surface area contributed by atoms with Gasteiger partial charge in [0, 0.05) is 11.1 Å². The number of carbonyl (C=O) groups is 2. The van der Waals surface area contributed by atoms with E-state index in [4.69, 9.17) is 19.2 Å². The van der Waals surface area contributed by atoms with E-state index < -0.39 is 29.4 Å². The Morgan fingerprint density at radius 3 is 2.36 bits per heavy atom. The minimum atomic E-state index is -0.923. The van der Waals surface area contributed by atoms with Crippen molar-refractivity contribution in [1.82, 2.24) is 4.57 Å². The van der Waals surface area contributed by atoms with Gasteiger partial charge in [-0.05, 0) is 43.7 Å². The Morgan fingerprint density at radius 1 is 0.952 bits per heavy atom. The number of benzene rings is 3. The van der Waals surface area contributed by atoms with Crippen LogP contribution in [0.1, 0.15) is 36.6 Å². The van der Waals surface area contributed by atoms with Gasteiger partial charge in [0.25, 0.3) is 5.56 Å². The minimum absolute atomic E-state index is 0.119. The molecule has 1 aliphatic rings. The summed E-state index contributed by atoms with van der Waals surface area (Å²) >= 11 is 1.15. The van der Waals surface area contributed by atoms with Gasteiger partial charge in [0.15, 0.2) is 11.4 Å². The summed E-state index contributed by atoms with van der Waals surface area (Å²) in [4.78, 5) is 44.5. The topological polar surface area (TPSA) is 96.2 Å². The van der Waals surface area contributed by atoms with Gasteiger partial charge in [-0.25, -0.2) is 19.0 Å². The fraction of sp³-hybridized carbons (Fsp3) is 0.188. The van der Waals surface area contributed by atoms with Gasteiger partial charge in [-0.15, -0.1) is 0 Å². The van der Waals surface area contributed by atoms with Crippen molar-refractivity contribution in [1.29, 1.82) is 0 Å². The zero-order valence-corrected chi connectivity index (χ0v) is 23.7. The molecule has 3 aromatic carbocycles. The van der Waals surface area contributed by atoms with E-state index in [0.29, 0.717) is 37.5 Å². The third-order valence-corrected chi connectivity index (χ3v) is 7.40. The first-order valence-corrected chi connectivity index (χ1v) is 14.1. The minimum Gasteiger partial charge on any atom is -0.481 e. The molecule has 4 aromatic rings. The largest absolute Gasteiger partial charge is 0.481 e. The molecule has 0 saturated heterocycles. The number of hydrogen-bond acceptors (Lipinski definition) is 8. The van der Waals surface area contributed by atoms with E-state index in [1.807, 2.05) is 30.3 Å². The number of rotatable bonds is 9. The molecule has 42 heavy (non-hydrogen) atoms. The standard InChI is InChI=1S/C32H27FN2O6S/c1-3-39-26(36)19-41-24-13-9-8-12-22(24)18-25-30(37)35-29(21-14-16-23(33)17-15-21)27(31(38)40-4-2)28(34-32(35)42-25)20-10-6-5-7-11-20/h5-18,29H,3-4,19H2,1-2H3/t29-/m0/s1. The molecule has 0 amide bonds. The molecule has 1 aromatic heterocycles. The van der Waals surface area contributed by atoms with E-state index in [9.17, 15) is 18.8 Å². The van der Waals surface area contributed by atoms with E-state index in [2.05, 4.69) is 0 Å². The average Bonchev–Trinajstić information content (AvgIpc) is 3.31. The Morgan fingerprint density at radius 2 is 1.64 bits per heavy atom. The van der Waals surface area contributed by atoms with Crippen LogP contribution in [0.5, 0.6) is 5.75 Å². The third kappa shape index (κ3) is 5.94. The predicted octanol–water partition coefficient (Wildman–Crippen LogP) is 4.02. The highest BCUT2D eigenvalue weighted by Crippen LogP contribution is 2.35. The highest BCUT2D eigenvalue weighted by molar-refractivity contribution is 7.07. The summed E-state index contributed by atoms with van der Waals surface area (Å²) in [5.74, 6) is -1.19. The number of carbonyl (C=O) groups excluding carboxylic acids is 2. The molecule has 0 spiro atoms. The number of halogens is 1. The van der Waals surface area contributed by atoms with Crippen LogP contribution in [0.2, 0.25) is 0 Å². The highest BCUT2D eigenvalue weighted by Gasteiger charge is 2.35. The van der Waals surface area contributed by atoms with Crippen molar-refractivity contribution in [3.8, 4) is 5.75 Å². The van der Waals surface area contributed by atoms with Crippen LogP contribution in [0.4, 0.5) is 4.39 Å². The first kappa shape index (κ1) is 28.7. The third-order valence-electron chi connectivity index (χ3n) is 6.42. The second-order valence-corrected chi connectivity index (χ2v) is 10.1. The number of ether oxygens (including phenoxy) is 3. The Labute approximate surface area is 244 Å². The Bertz CT molecular complexity index is 1830. The molecule has 10 heteroatoms. The van der Waals surface area contributed by atoms with Crippen LogP contribution in [0.15, 0.2) is 94.2 Å². The fourth-order valence-electron chi connectivity index (χ4n) is 4.61. The second kappa shape index (κ2) is 12.8. The number of para-hydroxylation sites is 1. The molecule has 2 heterocycles. The van der Waals surface area contributed by atoms with Crippen LogP contribution in [0, 0.1) is 5.82 Å². The van der Waals surface area contributed by atoms with Crippen molar-refractivity contribution >= 4 is 35.0 Å². The van der Waals surface area contributed by atoms with Crippen molar-refractivity contribution in [2.75, 3.05) is 19.8 Å². The summed E-state index contributed by atoms with van der Waals surface area (Å²) in [6.07, 6.45) is 1.66. The lowest BCUT2D eigenvalue weighted by atomic mass is 9.93. The molecule has 0 fully saturated rings. The molecule has 214 valence electrons. The number of fused-ring (bicyclic) bond motifs is 1. The molecule has 5 rings (SSSR count). The quantitative estimate of drug-likeness (QED) is 0.275. The Hall–Kier alpha value is -4.83. The fourth-order valence-corrected chi connectivity index (χ4v) is 5.60. The number of nitrogens with zero attached hydrogens (tertiary/aromatic N) is 2. The maximum Gasteiger partial charge on any atom is 0.344 e. The van der Waals surface area contributed by atoms with Gasteiger partial charge in [0.2, 0.25) is 0 Å². The van der Waals surface area contributed by atoms with Gasteiger partial charge in [-0.1, -0.05) is 72.0 Å². The van der Waals surface area contributed by atoms with Crippen LogP contribution >= 0.6 is 11.3 Å². The van der Waals surface area contributed by atoms with Gasteiger partial charge < -0.3 is 14.2 Å². The van der Waals surface area contributed by atoms with Crippen molar-refractivity contribution in [2.24, 2.45) is 4.99 Å². The van der Waals surface area contributed by atoms with Gasteiger partial charge >= 0.3 is 11.9 Å². The molecule has 0 saturated carbocycles. The molecule has 1 atom stereocenters.